The number of hydrogen-bond acceptors (Lipinski definition) is 4. The van der Waals surface area contributed by atoms with Gasteiger partial charge in [0.15, 0.2) is 0 Å². The summed E-state index contributed by atoms with van der Waals surface area (Å²) in [5.41, 5.74) is 0.815. The lowest BCUT2D eigenvalue weighted by Gasteiger charge is -2.24. The number of hydrogen-bond donors (Lipinski definition) is 2. The molecular weight excluding hydrogens is 329 g/mol. The number of carbonyl (C=O) groups is 3. The number of aliphatic carboxylic acids is 1. The number of nitrogens with zero attached hydrogens (tertiary/aromatic N) is 2. The Balaban J connectivity index is 1.69. The number of carboxylic acid groups (broad SMARTS) is 1. The predicted octanol–water partition coefficient (Wildman–Crippen LogP) is 1.28. The minimum Gasteiger partial charge on any atom is -0.480 e. The fraction of sp³-hybridized carbons (Fsp3) is 0.412. The normalized spacial score (nSPS) is 18.5. The van der Waals surface area contributed by atoms with Gasteiger partial charge in [-0.05, 0) is 36.5 Å². The van der Waals surface area contributed by atoms with Crippen LogP contribution in [0.1, 0.15) is 31.2 Å². The molecule has 25 heavy (non-hydrogen) atoms. The highest BCUT2D eigenvalue weighted by Gasteiger charge is 2.38. The van der Waals surface area contributed by atoms with Crippen LogP contribution in [0.4, 0.5) is 4.39 Å². The summed E-state index contributed by atoms with van der Waals surface area (Å²) in [6.07, 6.45) is 1.84. The molecule has 132 valence electrons. The summed E-state index contributed by atoms with van der Waals surface area (Å²) in [6.45, 7) is 0.126. The largest absolute Gasteiger partial charge is 0.480 e. The maximum Gasteiger partial charge on any atom is 0.326 e. The lowest BCUT2D eigenvalue weighted by Crippen LogP contribution is -2.47. The van der Waals surface area contributed by atoms with Crippen molar-refractivity contribution in [1.29, 1.82) is 0 Å². The van der Waals surface area contributed by atoms with Gasteiger partial charge in [0.1, 0.15) is 17.6 Å². The van der Waals surface area contributed by atoms with Gasteiger partial charge in [-0.25, -0.2) is 14.2 Å². The third kappa shape index (κ3) is 4.20. The van der Waals surface area contributed by atoms with Gasteiger partial charge in [-0.15, -0.1) is 0 Å². The number of hydrazone groups is 1. The Hall–Kier alpha value is -2.77. The van der Waals surface area contributed by atoms with Gasteiger partial charge in [0.2, 0.25) is 5.91 Å². The van der Waals surface area contributed by atoms with Crippen LogP contribution < -0.4 is 5.32 Å². The maximum atomic E-state index is 13.0. The molecule has 1 unspecified atom stereocenters. The van der Waals surface area contributed by atoms with Gasteiger partial charge in [-0.3, -0.25) is 9.59 Å². The van der Waals surface area contributed by atoms with Crippen molar-refractivity contribution >= 4 is 23.5 Å². The van der Waals surface area contributed by atoms with Crippen molar-refractivity contribution in [3.05, 3.63) is 35.6 Å². The van der Waals surface area contributed by atoms with Crippen LogP contribution in [0.3, 0.4) is 0 Å². The predicted molar refractivity (Wildman–Crippen MR) is 85.9 cm³/mol. The molecule has 0 saturated heterocycles. The van der Waals surface area contributed by atoms with E-state index in [1.807, 2.05) is 0 Å². The summed E-state index contributed by atoms with van der Waals surface area (Å²) < 4.78 is 13.0. The van der Waals surface area contributed by atoms with Crippen molar-refractivity contribution in [3.8, 4) is 0 Å². The number of nitrogens with one attached hydrogen (secondary N) is 1. The number of halogens is 1. The van der Waals surface area contributed by atoms with E-state index in [0.717, 1.165) is 12.8 Å². The second-order valence-electron chi connectivity index (χ2n) is 6.25. The molecule has 7 nitrogen and oxygen atoms in total. The topological polar surface area (TPSA) is 99.1 Å². The molecule has 0 aromatic heterocycles. The molecule has 2 N–H and O–H groups in total. The molecule has 1 aliphatic carbocycles. The summed E-state index contributed by atoms with van der Waals surface area (Å²) in [5, 5.41) is 16.9. The monoisotopic (exact) mass is 347 g/mol. The smallest absolute Gasteiger partial charge is 0.326 e. The Kier molecular flexibility index (Phi) is 4.78. The van der Waals surface area contributed by atoms with Crippen molar-refractivity contribution < 1.29 is 23.9 Å². The van der Waals surface area contributed by atoms with Gasteiger partial charge in [0, 0.05) is 12.8 Å². The molecule has 2 aliphatic rings. The van der Waals surface area contributed by atoms with E-state index in [0.29, 0.717) is 5.56 Å². The first kappa shape index (κ1) is 17.1. The number of carboxylic acids is 1. The molecule has 2 amide bonds. The zero-order valence-corrected chi connectivity index (χ0v) is 13.4. The average Bonchev–Trinajstić information content (AvgIpc) is 3.41. The van der Waals surface area contributed by atoms with E-state index in [-0.39, 0.29) is 42.7 Å². The van der Waals surface area contributed by atoms with Crippen LogP contribution in [0.25, 0.3) is 0 Å². The highest BCUT2D eigenvalue weighted by atomic mass is 19.1. The van der Waals surface area contributed by atoms with Crippen LogP contribution >= 0.6 is 0 Å². The maximum absolute atomic E-state index is 13.0. The molecule has 1 fully saturated rings. The van der Waals surface area contributed by atoms with Gasteiger partial charge in [0.05, 0.1) is 6.54 Å². The molecule has 3 rings (SSSR count). The van der Waals surface area contributed by atoms with Gasteiger partial charge >= 0.3 is 5.97 Å². The van der Waals surface area contributed by atoms with Gasteiger partial charge in [0.25, 0.3) is 5.91 Å². The Morgan fingerprint density at radius 2 is 1.96 bits per heavy atom. The Labute approximate surface area is 143 Å². The van der Waals surface area contributed by atoms with E-state index in [4.69, 9.17) is 0 Å². The fourth-order valence-corrected chi connectivity index (χ4v) is 2.69. The standard InChI is InChI=1S/C17H18FN3O4/c18-12-5-1-10(2-6-12)9-21-14(22)8-7-13(20-21)16(23)19-15(17(24)25)11-3-4-11/h1-2,5-6,11,15H,3-4,7-9H2,(H,19,23)(H,24,25). The molecule has 8 heteroatoms. The first-order valence-electron chi connectivity index (χ1n) is 8.10. The summed E-state index contributed by atoms with van der Waals surface area (Å²) >= 11 is 0. The minimum atomic E-state index is -1.06. The Bertz CT molecular complexity index is 728. The third-order valence-electron chi connectivity index (χ3n) is 4.26. The average molecular weight is 347 g/mol. The molecule has 1 aromatic carbocycles. The lowest BCUT2D eigenvalue weighted by molar-refractivity contribution is -0.141. The minimum absolute atomic E-state index is 0.0393. The molecule has 1 atom stereocenters. The first-order chi connectivity index (χ1) is 11.9. The van der Waals surface area contributed by atoms with E-state index >= 15 is 0 Å². The third-order valence-corrected chi connectivity index (χ3v) is 4.26. The Morgan fingerprint density at radius 1 is 1.28 bits per heavy atom. The van der Waals surface area contributed by atoms with Gasteiger partial charge < -0.3 is 10.4 Å². The van der Waals surface area contributed by atoms with Crippen LogP contribution in [-0.4, -0.2) is 39.7 Å². The summed E-state index contributed by atoms with van der Waals surface area (Å²) in [6, 6.07) is 4.74. The first-order valence-corrected chi connectivity index (χ1v) is 8.10. The SMILES string of the molecule is O=C(NC(C(=O)O)C1CC1)C1=NN(Cc2ccc(F)cc2)C(=O)CC1. The van der Waals surface area contributed by atoms with E-state index in [2.05, 4.69) is 10.4 Å². The zero-order valence-electron chi connectivity index (χ0n) is 13.4. The molecule has 1 aliphatic heterocycles. The molecule has 0 bridgehead atoms. The zero-order chi connectivity index (χ0) is 18.0. The highest BCUT2D eigenvalue weighted by Crippen LogP contribution is 2.32. The quantitative estimate of drug-likeness (QED) is 0.810. The summed E-state index contributed by atoms with van der Waals surface area (Å²) in [5.74, 6) is -2.28. The van der Waals surface area contributed by atoms with Crippen LogP contribution in [0.15, 0.2) is 29.4 Å². The van der Waals surface area contributed by atoms with E-state index in [1.165, 1.54) is 17.1 Å². The van der Waals surface area contributed by atoms with Crippen LogP contribution in [-0.2, 0) is 20.9 Å². The number of rotatable bonds is 6. The summed E-state index contributed by atoms with van der Waals surface area (Å²) in [4.78, 5) is 35.5. The second-order valence-corrected chi connectivity index (χ2v) is 6.25. The number of benzene rings is 1. The fourth-order valence-electron chi connectivity index (χ4n) is 2.69. The summed E-state index contributed by atoms with van der Waals surface area (Å²) in [7, 11) is 0. The number of amides is 2. The van der Waals surface area contributed by atoms with Crippen molar-refractivity contribution in [3.63, 3.8) is 0 Å². The van der Waals surface area contributed by atoms with Crippen LogP contribution in [0.2, 0.25) is 0 Å². The van der Waals surface area contributed by atoms with Gasteiger partial charge in [-0.1, -0.05) is 12.1 Å². The molecule has 0 radical (unpaired) electrons. The molecule has 0 spiro atoms. The van der Waals surface area contributed by atoms with E-state index in [1.54, 1.807) is 12.1 Å². The molecular formula is C17H18FN3O4. The highest BCUT2D eigenvalue weighted by molar-refractivity contribution is 6.39. The molecule has 1 saturated carbocycles. The second kappa shape index (κ2) is 7.00. The van der Waals surface area contributed by atoms with Crippen molar-refractivity contribution in [2.75, 3.05) is 0 Å². The Morgan fingerprint density at radius 3 is 2.56 bits per heavy atom. The van der Waals surface area contributed by atoms with Crippen molar-refractivity contribution in [2.45, 2.75) is 38.3 Å². The van der Waals surface area contributed by atoms with E-state index < -0.39 is 17.9 Å². The molecule has 1 heterocycles. The van der Waals surface area contributed by atoms with Crippen molar-refractivity contribution in [2.24, 2.45) is 11.0 Å². The van der Waals surface area contributed by atoms with Crippen LogP contribution in [0.5, 0.6) is 0 Å². The van der Waals surface area contributed by atoms with Crippen molar-refractivity contribution in [1.82, 2.24) is 10.3 Å². The lowest BCUT2D eigenvalue weighted by atomic mass is 10.1. The number of carbonyl (C=O) groups excluding carboxylic acids is 2. The van der Waals surface area contributed by atoms with Crippen LogP contribution in [0, 0.1) is 11.7 Å². The van der Waals surface area contributed by atoms with E-state index in [9.17, 15) is 23.9 Å². The van der Waals surface area contributed by atoms with Gasteiger partial charge in [-0.2, -0.15) is 5.10 Å². The molecule has 1 aromatic rings.